The smallest absolute Gasteiger partial charge is 0.323 e. The molecule has 1 aliphatic rings. The number of nitrogens with two attached hydrogens (primary N) is 1. The number of nitrogens with one attached hydrogen (secondary N) is 1. The van der Waals surface area contributed by atoms with Crippen molar-refractivity contribution in [1.29, 1.82) is 0 Å². The first-order valence-electron chi connectivity index (χ1n) is 6.90. The molecular weight excluding hydrogens is 244 g/mol. The minimum atomic E-state index is 0.335. The molecule has 1 heterocycles. The molecule has 0 bridgehead atoms. The van der Waals surface area contributed by atoms with Crippen molar-refractivity contribution in [3.63, 3.8) is 0 Å². The highest BCUT2D eigenvalue weighted by molar-refractivity contribution is 5.40. The highest BCUT2D eigenvalue weighted by atomic mass is 16.5. The van der Waals surface area contributed by atoms with Gasteiger partial charge in [-0.3, -0.25) is 5.43 Å². The molecule has 0 spiro atoms. The van der Waals surface area contributed by atoms with Crippen molar-refractivity contribution in [3.05, 3.63) is 0 Å². The summed E-state index contributed by atoms with van der Waals surface area (Å²) in [6, 6.07) is 0.883. The molecule has 0 atom stereocenters. The van der Waals surface area contributed by atoms with Gasteiger partial charge in [0.2, 0.25) is 11.9 Å². The lowest BCUT2D eigenvalue weighted by Crippen LogP contribution is -2.29. The molecule has 106 valence electrons. The van der Waals surface area contributed by atoms with E-state index in [0.717, 1.165) is 19.4 Å². The van der Waals surface area contributed by atoms with Crippen LogP contribution in [-0.4, -0.2) is 34.1 Å². The van der Waals surface area contributed by atoms with Gasteiger partial charge in [-0.1, -0.05) is 13.8 Å². The summed E-state index contributed by atoms with van der Waals surface area (Å²) < 4.78 is 5.48. The SMILES string of the molecule is CCCOc1nc(NN)nc(N(CCC)C2CC2)n1. The van der Waals surface area contributed by atoms with Gasteiger partial charge in [-0.25, -0.2) is 5.84 Å². The lowest BCUT2D eigenvalue weighted by atomic mass is 10.4. The zero-order valence-electron chi connectivity index (χ0n) is 11.6. The predicted octanol–water partition coefficient (Wildman–Crippen LogP) is 1.32. The van der Waals surface area contributed by atoms with Crippen LogP contribution in [0.4, 0.5) is 11.9 Å². The Balaban J connectivity index is 2.21. The summed E-state index contributed by atoms with van der Waals surface area (Å²) >= 11 is 0. The molecule has 0 amide bonds. The van der Waals surface area contributed by atoms with Crippen LogP contribution < -0.4 is 20.9 Å². The maximum atomic E-state index is 5.48. The third-order valence-electron chi connectivity index (χ3n) is 2.88. The molecule has 1 aromatic rings. The monoisotopic (exact) mass is 266 g/mol. The molecule has 3 N–H and O–H groups in total. The summed E-state index contributed by atoms with van der Waals surface area (Å²) in [5.74, 6) is 6.40. The minimum absolute atomic E-state index is 0.335. The van der Waals surface area contributed by atoms with E-state index < -0.39 is 0 Å². The van der Waals surface area contributed by atoms with Crippen molar-refractivity contribution < 1.29 is 4.74 Å². The maximum absolute atomic E-state index is 5.48. The van der Waals surface area contributed by atoms with Crippen LogP contribution in [0.25, 0.3) is 0 Å². The average Bonchev–Trinajstić information content (AvgIpc) is 3.26. The number of anilines is 2. The zero-order valence-corrected chi connectivity index (χ0v) is 11.6. The first-order chi connectivity index (χ1) is 9.28. The van der Waals surface area contributed by atoms with Gasteiger partial charge in [0, 0.05) is 12.6 Å². The van der Waals surface area contributed by atoms with Crippen molar-refractivity contribution >= 4 is 11.9 Å². The molecule has 1 saturated carbocycles. The molecule has 1 fully saturated rings. The summed E-state index contributed by atoms with van der Waals surface area (Å²) in [6.45, 7) is 5.71. The Hall–Kier alpha value is -1.63. The highest BCUT2D eigenvalue weighted by Crippen LogP contribution is 2.30. The number of ether oxygens (including phenoxy) is 1. The Morgan fingerprint density at radius 3 is 2.63 bits per heavy atom. The van der Waals surface area contributed by atoms with Crippen LogP contribution in [-0.2, 0) is 0 Å². The number of nitrogens with zero attached hydrogens (tertiary/aromatic N) is 4. The van der Waals surface area contributed by atoms with Crippen molar-refractivity contribution in [1.82, 2.24) is 15.0 Å². The number of aromatic nitrogens is 3. The third kappa shape index (κ3) is 3.66. The summed E-state index contributed by atoms with van der Waals surface area (Å²) in [5, 5.41) is 0. The second-order valence-corrected chi connectivity index (χ2v) is 4.66. The van der Waals surface area contributed by atoms with Crippen molar-refractivity contribution in [2.24, 2.45) is 5.84 Å². The largest absolute Gasteiger partial charge is 0.463 e. The first-order valence-corrected chi connectivity index (χ1v) is 6.90. The highest BCUT2D eigenvalue weighted by Gasteiger charge is 2.31. The van der Waals surface area contributed by atoms with E-state index in [4.69, 9.17) is 10.6 Å². The normalized spacial score (nSPS) is 14.3. The van der Waals surface area contributed by atoms with Gasteiger partial charge in [-0.15, -0.1) is 0 Å². The van der Waals surface area contributed by atoms with Gasteiger partial charge in [0.05, 0.1) is 6.61 Å². The van der Waals surface area contributed by atoms with Crippen molar-refractivity contribution in [3.8, 4) is 6.01 Å². The molecule has 7 nitrogen and oxygen atoms in total. The number of hydrogen-bond donors (Lipinski definition) is 2. The van der Waals surface area contributed by atoms with Gasteiger partial charge in [0.15, 0.2) is 0 Å². The quantitative estimate of drug-likeness (QED) is 0.542. The summed E-state index contributed by atoms with van der Waals surface area (Å²) in [7, 11) is 0. The average molecular weight is 266 g/mol. The van der Waals surface area contributed by atoms with E-state index in [2.05, 4.69) is 32.2 Å². The van der Waals surface area contributed by atoms with Gasteiger partial charge in [-0.2, -0.15) is 15.0 Å². The minimum Gasteiger partial charge on any atom is -0.463 e. The number of hydrogen-bond acceptors (Lipinski definition) is 7. The lowest BCUT2D eigenvalue weighted by molar-refractivity contribution is 0.291. The van der Waals surface area contributed by atoms with Crippen molar-refractivity contribution in [2.45, 2.75) is 45.6 Å². The summed E-state index contributed by atoms with van der Waals surface area (Å²) in [6.07, 6.45) is 4.36. The molecule has 19 heavy (non-hydrogen) atoms. The van der Waals surface area contributed by atoms with Gasteiger partial charge in [0.1, 0.15) is 0 Å². The number of rotatable bonds is 8. The van der Waals surface area contributed by atoms with Gasteiger partial charge in [-0.05, 0) is 25.7 Å². The van der Waals surface area contributed by atoms with Crippen molar-refractivity contribution in [2.75, 3.05) is 23.5 Å². The zero-order chi connectivity index (χ0) is 13.7. The second kappa shape index (κ2) is 6.51. The Labute approximate surface area is 113 Å². The maximum Gasteiger partial charge on any atom is 0.323 e. The van der Waals surface area contributed by atoms with Crippen LogP contribution in [0.5, 0.6) is 6.01 Å². The molecule has 0 aliphatic heterocycles. The lowest BCUT2D eigenvalue weighted by Gasteiger charge is -2.22. The number of hydrazine groups is 1. The fourth-order valence-electron chi connectivity index (χ4n) is 1.87. The van der Waals surface area contributed by atoms with Crippen LogP contribution in [0, 0.1) is 0 Å². The van der Waals surface area contributed by atoms with Crippen LogP contribution >= 0.6 is 0 Å². The predicted molar refractivity (Wildman–Crippen MR) is 74.1 cm³/mol. The molecule has 0 saturated heterocycles. The molecule has 0 unspecified atom stereocenters. The van der Waals surface area contributed by atoms with E-state index in [0.29, 0.717) is 30.6 Å². The topological polar surface area (TPSA) is 89.2 Å². The Kier molecular flexibility index (Phi) is 4.73. The standard InChI is InChI=1S/C12H22N6O/c1-3-7-18(9-5-6-9)11-14-10(17-13)15-12(16-11)19-8-4-2/h9H,3-8,13H2,1-2H3,(H,14,15,16,17). The van der Waals surface area contributed by atoms with Gasteiger partial charge >= 0.3 is 6.01 Å². The molecule has 1 aromatic heterocycles. The Morgan fingerprint density at radius 2 is 2.05 bits per heavy atom. The molecule has 2 rings (SSSR count). The summed E-state index contributed by atoms with van der Waals surface area (Å²) in [5.41, 5.74) is 2.47. The molecule has 0 radical (unpaired) electrons. The Bertz CT molecular complexity index is 409. The second-order valence-electron chi connectivity index (χ2n) is 4.66. The third-order valence-corrected chi connectivity index (χ3v) is 2.88. The fraction of sp³-hybridized carbons (Fsp3) is 0.750. The van der Waals surface area contributed by atoms with Gasteiger partial charge in [0.25, 0.3) is 0 Å². The van der Waals surface area contributed by atoms with E-state index in [1.807, 2.05) is 6.92 Å². The van der Waals surface area contributed by atoms with E-state index in [-0.39, 0.29) is 0 Å². The van der Waals surface area contributed by atoms with E-state index >= 15 is 0 Å². The van der Waals surface area contributed by atoms with E-state index in [1.165, 1.54) is 12.8 Å². The summed E-state index contributed by atoms with van der Waals surface area (Å²) in [4.78, 5) is 15.0. The van der Waals surface area contributed by atoms with Crippen LogP contribution in [0.15, 0.2) is 0 Å². The fourth-order valence-corrected chi connectivity index (χ4v) is 1.87. The molecular formula is C12H22N6O. The van der Waals surface area contributed by atoms with Gasteiger partial charge < -0.3 is 9.64 Å². The van der Waals surface area contributed by atoms with E-state index in [9.17, 15) is 0 Å². The molecule has 7 heteroatoms. The molecule has 1 aliphatic carbocycles. The van der Waals surface area contributed by atoms with Crippen LogP contribution in [0.2, 0.25) is 0 Å². The first kappa shape index (κ1) is 13.8. The van der Waals surface area contributed by atoms with Crippen LogP contribution in [0.1, 0.15) is 39.5 Å². The van der Waals surface area contributed by atoms with E-state index in [1.54, 1.807) is 0 Å². The number of nitrogen functional groups attached to an aromatic ring is 1. The molecule has 0 aromatic carbocycles. The van der Waals surface area contributed by atoms with Crippen LogP contribution in [0.3, 0.4) is 0 Å². The Morgan fingerprint density at radius 1 is 1.26 bits per heavy atom.